The fourth-order valence-corrected chi connectivity index (χ4v) is 6.45. The summed E-state index contributed by atoms with van der Waals surface area (Å²) >= 11 is 0. The molecule has 3 aliphatic carbocycles. The summed E-state index contributed by atoms with van der Waals surface area (Å²) in [6.07, 6.45) is 8.76. The summed E-state index contributed by atoms with van der Waals surface area (Å²) in [6, 6.07) is 0. The molecule has 0 aromatic heterocycles. The number of carbonyl (C=O) groups excluding carboxylic acids is 2. The Balaban J connectivity index is 2.06. The molecular formula is C23H36O4Si. The summed E-state index contributed by atoms with van der Waals surface area (Å²) in [5, 5.41) is 9.18. The molecule has 0 aromatic carbocycles. The van der Waals surface area contributed by atoms with Crippen LogP contribution in [0.5, 0.6) is 0 Å². The number of Topliss-reactive ketones (excluding diaryl/α,β-unsaturated/α-hetero) is 2. The lowest BCUT2D eigenvalue weighted by Crippen LogP contribution is -2.53. The lowest BCUT2D eigenvalue weighted by atomic mass is 9.66. The quantitative estimate of drug-likeness (QED) is 0.673. The number of hydrogen-bond donors (Lipinski definition) is 1. The van der Waals surface area contributed by atoms with Gasteiger partial charge < -0.3 is 9.53 Å². The zero-order valence-corrected chi connectivity index (χ0v) is 19.1. The molecule has 0 bridgehead atoms. The highest BCUT2D eigenvalue weighted by Crippen LogP contribution is 2.59. The third-order valence-electron chi connectivity index (χ3n) is 7.54. The molecule has 2 fully saturated rings. The van der Waals surface area contributed by atoms with Crippen LogP contribution in [0.15, 0.2) is 23.3 Å². The van der Waals surface area contributed by atoms with E-state index in [1.807, 2.05) is 12.2 Å². The minimum atomic E-state index is -2.04. The number of aliphatic hydroxyl groups is 1. The van der Waals surface area contributed by atoms with Gasteiger partial charge in [0.1, 0.15) is 5.78 Å². The molecule has 3 aliphatic rings. The Morgan fingerprint density at radius 3 is 2.61 bits per heavy atom. The molecule has 4 nitrogen and oxygen atoms in total. The fraction of sp³-hybridized carbons (Fsp3) is 0.739. The number of fused-ring (bicyclic) bond motifs is 2. The lowest BCUT2D eigenvalue weighted by Gasteiger charge is -2.47. The van der Waals surface area contributed by atoms with Crippen molar-refractivity contribution in [1.82, 2.24) is 0 Å². The average molecular weight is 405 g/mol. The molecule has 5 heteroatoms. The highest BCUT2D eigenvalue weighted by atomic mass is 28.4. The first-order valence-electron chi connectivity index (χ1n) is 10.8. The van der Waals surface area contributed by atoms with Crippen LogP contribution in [0, 0.1) is 11.3 Å². The molecule has 3 rings (SSSR count). The maximum Gasteiger partial charge on any atom is 0.192 e. The van der Waals surface area contributed by atoms with Crippen LogP contribution in [0.4, 0.5) is 0 Å². The third kappa shape index (κ3) is 3.50. The van der Waals surface area contributed by atoms with E-state index in [2.05, 4.69) is 33.9 Å². The van der Waals surface area contributed by atoms with Crippen LogP contribution < -0.4 is 0 Å². The number of hydrogen-bond acceptors (Lipinski definition) is 4. The molecule has 0 aromatic rings. The first-order chi connectivity index (χ1) is 13.0. The van der Waals surface area contributed by atoms with Crippen LogP contribution in [-0.2, 0) is 14.0 Å². The Bertz CT molecular complexity index is 713. The lowest BCUT2D eigenvalue weighted by molar-refractivity contribution is -0.135. The van der Waals surface area contributed by atoms with Crippen molar-refractivity contribution in [3.8, 4) is 0 Å². The average Bonchev–Trinajstić information content (AvgIpc) is 3.09. The SMILES string of the molecule is CC(C)(C)[Si](C)(C)O[C@H]1CCCC(=O)[C@]12CC[C@H]1CC(=O)C(/C=C/CCO)=C12. The molecule has 0 radical (unpaired) electrons. The minimum absolute atomic E-state index is 0.0674. The summed E-state index contributed by atoms with van der Waals surface area (Å²) in [7, 11) is -2.04. The molecule has 0 aliphatic heterocycles. The second-order valence-corrected chi connectivity index (χ2v) is 15.0. The summed E-state index contributed by atoms with van der Waals surface area (Å²) < 4.78 is 6.88. The van der Waals surface area contributed by atoms with E-state index in [0.29, 0.717) is 19.3 Å². The van der Waals surface area contributed by atoms with Crippen molar-refractivity contribution in [3.05, 3.63) is 23.3 Å². The summed E-state index contributed by atoms with van der Waals surface area (Å²) in [4.78, 5) is 26.2. The number of rotatable bonds is 5. The van der Waals surface area contributed by atoms with E-state index in [0.717, 1.165) is 36.8 Å². The molecule has 156 valence electrons. The molecule has 0 amide bonds. The molecule has 1 spiro atoms. The maximum absolute atomic E-state index is 13.4. The topological polar surface area (TPSA) is 63.6 Å². The predicted octanol–water partition coefficient (Wildman–Crippen LogP) is 4.73. The van der Waals surface area contributed by atoms with E-state index in [1.54, 1.807) is 0 Å². The Morgan fingerprint density at radius 2 is 1.96 bits per heavy atom. The van der Waals surface area contributed by atoms with Gasteiger partial charge in [-0.15, -0.1) is 0 Å². The maximum atomic E-state index is 13.4. The van der Waals surface area contributed by atoms with Crippen LogP contribution in [-0.4, -0.2) is 37.7 Å². The van der Waals surface area contributed by atoms with Gasteiger partial charge in [-0.05, 0) is 61.7 Å². The van der Waals surface area contributed by atoms with E-state index >= 15 is 0 Å². The number of carbonyl (C=O) groups is 2. The second-order valence-electron chi connectivity index (χ2n) is 10.3. The summed E-state index contributed by atoms with van der Waals surface area (Å²) in [6.45, 7) is 11.3. The van der Waals surface area contributed by atoms with Crippen LogP contribution in [0.1, 0.15) is 65.7 Å². The van der Waals surface area contributed by atoms with Crippen molar-refractivity contribution < 1.29 is 19.1 Å². The van der Waals surface area contributed by atoms with E-state index in [1.165, 1.54) is 0 Å². The Kier molecular flexibility index (Phi) is 5.92. The van der Waals surface area contributed by atoms with Crippen LogP contribution in [0.25, 0.3) is 0 Å². The second kappa shape index (κ2) is 7.65. The number of aliphatic hydroxyl groups excluding tert-OH is 1. The summed E-state index contributed by atoms with van der Waals surface area (Å²) in [5.74, 6) is 0.620. The van der Waals surface area contributed by atoms with Gasteiger partial charge in [0, 0.05) is 25.0 Å². The Morgan fingerprint density at radius 1 is 1.25 bits per heavy atom. The van der Waals surface area contributed by atoms with Gasteiger partial charge in [0.15, 0.2) is 14.1 Å². The molecule has 0 heterocycles. The number of allylic oxidation sites excluding steroid dienone is 2. The highest BCUT2D eigenvalue weighted by molar-refractivity contribution is 6.74. The molecule has 0 saturated heterocycles. The smallest absolute Gasteiger partial charge is 0.192 e. The molecule has 0 unspecified atom stereocenters. The van der Waals surface area contributed by atoms with Crippen molar-refractivity contribution in [2.24, 2.45) is 11.3 Å². The van der Waals surface area contributed by atoms with Crippen LogP contribution in [0.2, 0.25) is 18.1 Å². The van der Waals surface area contributed by atoms with Gasteiger partial charge in [-0.25, -0.2) is 0 Å². The normalized spacial score (nSPS) is 31.5. The monoisotopic (exact) mass is 404 g/mol. The van der Waals surface area contributed by atoms with Crippen molar-refractivity contribution in [2.45, 2.75) is 90.0 Å². The molecule has 2 saturated carbocycles. The van der Waals surface area contributed by atoms with Crippen molar-refractivity contribution in [3.63, 3.8) is 0 Å². The van der Waals surface area contributed by atoms with Gasteiger partial charge in [-0.1, -0.05) is 32.9 Å². The summed E-state index contributed by atoms with van der Waals surface area (Å²) in [5.41, 5.74) is 1.19. The molecule has 1 N–H and O–H groups in total. The van der Waals surface area contributed by atoms with Gasteiger partial charge >= 0.3 is 0 Å². The van der Waals surface area contributed by atoms with Crippen LogP contribution in [0.3, 0.4) is 0 Å². The Labute approximate surface area is 170 Å². The van der Waals surface area contributed by atoms with E-state index in [9.17, 15) is 9.59 Å². The highest BCUT2D eigenvalue weighted by Gasteiger charge is 2.60. The van der Waals surface area contributed by atoms with Gasteiger partial charge in [-0.3, -0.25) is 9.59 Å². The first-order valence-corrected chi connectivity index (χ1v) is 13.7. The van der Waals surface area contributed by atoms with Gasteiger partial charge in [0.25, 0.3) is 0 Å². The predicted molar refractivity (Wildman–Crippen MR) is 114 cm³/mol. The van der Waals surface area contributed by atoms with Gasteiger partial charge in [-0.2, -0.15) is 0 Å². The minimum Gasteiger partial charge on any atom is -0.413 e. The van der Waals surface area contributed by atoms with E-state index in [-0.39, 0.29) is 35.2 Å². The first kappa shape index (κ1) is 21.7. The van der Waals surface area contributed by atoms with E-state index in [4.69, 9.17) is 9.53 Å². The standard InChI is InChI=1S/C23H36O4Si/c1-22(2,3)28(4,5)27-20-11-8-10-19(26)23(20)13-12-16-15-18(25)17(21(16)23)9-6-7-14-24/h6,9,16,20,24H,7-8,10-15H2,1-5H3/b9-6+/t16-,20-,23+/m0/s1. The zero-order valence-electron chi connectivity index (χ0n) is 18.1. The van der Waals surface area contributed by atoms with Gasteiger partial charge in [0.05, 0.1) is 11.5 Å². The molecular weight excluding hydrogens is 368 g/mol. The van der Waals surface area contributed by atoms with Crippen LogP contribution >= 0.6 is 0 Å². The molecule has 3 atom stereocenters. The van der Waals surface area contributed by atoms with Crippen molar-refractivity contribution in [1.29, 1.82) is 0 Å². The van der Waals surface area contributed by atoms with Crippen molar-refractivity contribution >= 4 is 19.9 Å². The van der Waals surface area contributed by atoms with E-state index < -0.39 is 13.7 Å². The largest absolute Gasteiger partial charge is 0.413 e. The van der Waals surface area contributed by atoms with Gasteiger partial charge in [0.2, 0.25) is 0 Å². The third-order valence-corrected chi connectivity index (χ3v) is 12.0. The van der Waals surface area contributed by atoms with Crippen molar-refractivity contribution in [2.75, 3.05) is 6.61 Å². The fourth-order valence-electron chi connectivity index (χ4n) is 5.06. The zero-order chi connectivity index (χ0) is 20.7. The molecule has 28 heavy (non-hydrogen) atoms. The Hall–Kier alpha value is -1.04. The number of ketones is 2.